The molecule has 60 heavy (non-hydrogen) atoms. The van der Waals surface area contributed by atoms with E-state index in [0.29, 0.717) is 72.6 Å². The normalized spacial score (nSPS) is 15.3. The number of nitrogens with two attached hydrogens (primary N) is 3. The third-order valence-electron chi connectivity index (χ3n) is 12.0. The molecule has 1 aliphatic heterocycles. The molecule has 0 spiro atoms. The van der Waals surface area contributed by atoms with Crippen molar-refractivity contribution in [3.8, 4) is 17.2 Å². The maximum atomic E-state index is 12.6. The number of carbonyl (C=O) groups excluding carboxylic acids is 3. The number of nitrogens with zero attached hydrogens (tertiary/aromatic N) is 3. The molecular formula is C42H60N6O12. The summed E-state index contributed by atoms with van der Waals surface area (Å²) < 4.78 is 0. The molecule has 18 nitrogen and oxygen atoms in total. The topological polar surface area (TPSA) is 321 Å². The van der Waals surface area contributed by atoms with E-state index in [1.54, 1.807) is 39.0 Å². The van der Waals surface area contributed by atoms with Crippen molar-refractivity contribution in [1.29, 1.82) is 0 Å². The van der Waals surface area contributed by atoms with Crippen molar-refractivity contribution >= 4 is 17.7 Å². The number of phenols is 3. The van der Waals surface area contributed by atoms with Gasteiger partial charge in [-0.15, -0.1) is 0 Å². The molecule has 1 fully saturated rings. The molecule has 1 heterocycles. The standard InChI is InChI=1S/C42H60N6O12/c1-25-10-28(34(55)31(13-25)40(19-49,20-50)37(43)58)16-46-4-6-47(17-29-11-26(2)14-32(35(29)56)41(21-51,22-52)38(44)59)8-9-48(7-5-46)18-30-12-27(3)15-33(36(30)57)42(23-53,24-54)39(45)60/h10-15,49-57H,4-9,16-24H2,1-3H3,(H2,43,58)(H2,44,59)(H2,45,60). The number of primary amides is 3. The fourth-order valence-corrected chi connectivity index (χ4v) is 7.93. The lowest BCUT2D eigenvalue weighted by atomic mass is 9.79. The second-order valence-electron chi connectivity index (χ2n) is 16.1. The van der Waals surface area contributed by atoms with Gasteiger partial charge in [-0.25, -0.2) is 0 Å². The predicted molar refractivity (Wildman–Crippen MR) is 219 cm³/mol. The third kappa shape index (κ3) is 9.36. The van der Waals surface area contributed by atoms with Crippen LogP contribution >= 0.6 is 0 Å². The number of amides is 3. The SMILES string of the molecule is Cc1cc(CN2CCN(Cc3cc(C)cc(C(CO)(CO)C(N)=O)c3O)CCN(Cc3cc(C)cc(C(CO)(CO)C(N)=O)c3O)CC2)c(O)c(C(CO)(CO)C(N)=O)c1. The minimum Gasteiger partial charge on any atom is -0.507 e. The first-order valence-electron chi connectivity index (χ1n) is 19.5. The average Bonchev–Trinajstić information content (AvgIpc) is 3.29. The molecule has 0 unspecified atom stereocenters. The van der Waals surface area contributed by atoms with Crippen LogP contribution in [0.4, 0.5) is 0 Å². The number of benzene rings is 3. The molecule has 3 aromatic rings. The first-order chi connectivity index (χ1) is 28.3. The van der Waals surface area contributed by atoms with Gasteiger partial charge in [0.25, 0.3) is 0 Å². The fourth-order valence-electron chi connectivity index (χ4n) is 7.93. The quantitative estimate of drug-likeness (QED) is 0.0640. The molecule has 330 valence electrons. The summed E-state index contributed by atoms with van der Waals surface area (Å²) in [6.45, 7) is 2.88. The Kier molecular flexibility index (Phi) is 15.7. The lowest BCUT2D eigenvalue weighted by Gasteiger charge is -2.31. The summed E-state index contributed by atoms with van der Waals surface area (Å²) in [6, 6.07) is 9.64. The van der Waals surface area contributed by atoms with E-state index in [0.717, 1.165) is 0 Å². The van der Waals surface area contributed by atoms with Crippen LogP contribution in [0.3, 0.4) is 0 Å². The molecule has 0 saturated carbocycles. The number of hydrogen-bond acceptors (Lipinski definition) is 15. The van der Waals surface area contributed by atoms with Crippen molar-refractivity contribution in [3.05, 3.63) is 86.5 Å². The molecule has 0 aromatic heterocycles. The van der Waals surface area contributed by atoms with Crippen LogP contribution in [-0.2, 0) is 50.3 Å². The van der Waals surface area contributed by atoms with E-state index < -0.39 is 73.6 Å². The Balaban J connectivity index is 1.79. The Labute approximate surface area is 348 Å². The molecule has 1 aliphatic rings. The lowest BCUT2D eigenvalue weighted by molar-refractivity contribution is -0.127. The van der Waals surface area contributed by atoms with Gasteiger partial charge in [-0.1, -0.05) is 53.1 Å². The number of aliphatic hydroxyl groups is 6. The maximum absolute atomic E-state index is 12.6. The summed E-state index contributed by atoms with van der Waals surface area (Å²) in [7, 11) is 0. The molecule has 0 radical (unpaired) electrons. The van der Waals surface area contributed by atoms with Crippen molar-refractivity contribution in [2.75, 3.05) is 78.9 Å². The van der Waals surface area contributed by atoms with Crippen molar-refractivity contribution in [3.63, 3.8) is 0 Å². The predicted octanol–water partition coefficient (Wildman–Crippen LogP) is -2.33. The van der Waals surface area contributed by atoms with Gasteiger partial charge >= 0.3 is 0 Å². The van der Waals surface area contributed by atoms with Gasteiger partial charge in [-0.05, 0) is 20.8 Å². The number of carbonyl (C=O) groups is 3. The van der Waals surface area contributed by atoms with E-state index in [2.05, 4.69) is 0 Å². The van der Waals surface area contributed by atoms with Crippen molar-refractivity contribution in [2.24, 2.45) is 17.2 Å². The molecule has 0 atom stereocenters. The van der Waals surface area contributed by atoms with E-state index in [9.17, 15) is 60.3 Å². The molecule has 3 amide bonds. The summed E-state index contributed by atoms with van der Waals surface area (Å²) in [4.78, 5) is 43.8. The highest BCUT2D eigenvalue weighted by molar-refractivity contribution is 5.89. The summed E-state index contributed by atoms with van der Waals surface area (Å²) in [6.07, 6.45) is 0. The van der Waals surface area contributed by atoms with Crippen LogP contribution in [0.15, 0.2) is 36.4 Å². The molecule has 4 rings (SSSR count). The number of hydrogen-bond donors (Lipinski definition) is 12. The molecule has 3 aromatic carbocycles. The van der Waals surface area contributed by atoms with Crippen LogP contribution in [0, 0.1) is 20.8 Å². The highest BCUT2D eigenvalue weighted by Crippen LogP contribution is 2.38. The van der Waals surface area contributed by atoms with Gasteiger partial charge in [-0.3, -0.25) is 29.1 Å². The minimum atomic E-state index is -1.95. The van der Waals surface area contributed by atoms with Crippen LogP contribution in [0.25, 0.3) is 0 Å². The monoisotopic (exact) mass is 840 g/mol. The van der Waals surface area contributed by atoms with E-state index in [1.165, 1.54) is 18.2 Å². The Hall–Kier alpha value is -4.89. The van der Waals surface area contributed by atoms with Gasteiger partial charge in [0.05, 0.1) is 39.6 Å². The van der Waals surface area contributed by atoms with Crippen LogP contribution in [0.1, 0.15) is 50.1 Å². The molecule has 1 saturated heterocycles. The van der Waals surface area contributed by atoms with Crippen molar-refractivity contribution < 1.29 is 60.3 Å². The molecule has 0 aliphatic carbocycles. The number of aryl methyl sites for hydroxylation is 3. The zero-order valence-corrected chi connectivity index (χ0v) is 34.4. The second-order valence-corrected chi connectivity index (χ2v) is 16.1. The Bertz CT molecular complexity index is 1790. The first kappa shape index (κ1) is 47.8. The third-order valence-corrected chi connectivity index (χ3v) is 12.0. The van der Waals surface area contributed by atoms with Gasteiger partial charge in [0, 0.05) is 92.3 Å². The van der Waals surface area contributed by atoms with Crippen LogP contribution < -0.4 is 17.2 Å². The van der Waals surface area contributed by atoms with Crippen molar-refractivity contribution in [2.45, 2.75) is 56.7 Å². The molecule has 0 bridgehead atoms. The van der Waals surface area contributed by atoms with Crippen LogP contribution in [0.2, 0.25) is 0 Å². The van der Waals surface area contributed by atoms with Gasteiger partial charge in [0.15, 0.2) is 0 Å². The number of phenolic OH excluding ortho intramolecular Hbond substituents is 3. The number of rotatable bonds is 18. The Morgan fingerprint density at radius 1 is 0.450 bits per heavy atom. The van der Waals surface area contributed by atoms with Crippen molar-refractivity contribution in [1.82, 2.24) is 14.7 Å². The highest BCUT2D eigenvalue weighted by atomic mass is 16.3. The summed E-state index contributed by atoms with van der Waals surface area (Å²) >= 11 is 0. The Morgan fingerprint density at radius 2 is 0.650 bits per heavy atom. The minimum absolute atomic E-state index is 0.0189. The smallest absolute Gasteiger partial charge is 0.232 e. The first-order valence-corrected chi connectivity index (χ1v) is 19.5. The fraction of sp³-hybridized carbons (Fsp3) is 0.500. The summed E-state index contributed by atoms with van der Waals surface area (Å²) in [5.41, 5.74) is 14.1. The van der Waals surface area contributed by atoms with E-state index in [4.69, 9.17) is 17.2 Å². The summed E-state index contributed by atoms with van der Waals surface area (Å²) in [5.74, 6) is -4.01. The number of aromatic hydroxyl groups is 3. The highest BCUT2D eigenvalue weighted by Gasteiger charge is 2.43. The zero-order valence-electron chi connectivity index (χ0n) is 34.4. The maximum Gasteiger partial charge on any atom is 0.232 e. The Morgan fingerprint density at radius 3 is 0.817 bits per heavy atom. The molecular weight excluding hydrogens is 780 g/mol. The van der Waals surface area contributed by atoms with E-state index in [1.807, 2.05) is 14.7 Å². The lowest BCUT2D eigenvalue weighted by Crippen LogP contribution is -2.47. The number of aliphatic hydroxyl groups excluding tert-OH is 6. The van der Waals surface area contributed by atoms with Gasteiger partial charge in [0.2, 0.25) is 17.7 Å². The average molecular weight is 841 g/mol. The molecule has 18 heteroatoms. The van der Waals surface area contributed by atoms with E-state index in [-0.39, 0.29) is 53.6 Å². The largest absolute Gasteiger partial charge is 0.507 e. The zero-order chi connectivity index (χ0) is 44.7. The summed E-state index contributed by atoms with van der Waals surface area (Å²) in [5, 5.41) is 95.9. The molecule has 15 N–H and O–H groups in total. The van der Waals surface area contributed by atoms with Gasteiger partial charge in [0.1, 0.15) is 33.5 Å². The van der Waals surface area contributed by atoms with Gasteiger partial charge in [-0.2, -0.15) is 0 Å². The van der Waals surface area contributed by atoms with Gasteiger partial charge < -0.3 is 63.2 Å². The van der Waals surface area contributed by atoms with Crippen LogP contribution in [0.5, 0.6) is 17.2 Å². The van der Waals surface area contributed by atoms with E-state index >= 15 is 0 Å². The van der Waals surface area contributed by atoms with Crippen LogP contribution in [-0.4, -0.2) is 157 Å². The second kappa shape index (κ2) is 19.7.